The number of primary amides is 1. The maximum atomic E-state index is 13.9. The van der Waals surface area contributed by atoms with Gasteiger partial charge in [0, 0.05) is 18.2 Å². The first-order valence-corrected chi connectivity index (χ1v) is 6.97. The van der Waals surface area contributed by atoms with Crippen molar-refractivity contribution in [2.75, 3.05) is 18.4 Å². The molecule has 0 aromatic heterocycles. The van der Waals surface area contributed by atoms with Gasteiger partial charge in [-0.2, -0.15) is 0 Å². The Morgan fingerprint density at radius 2 is 2.30 bits per heavy atom. The van der Waals surface area contributed by atoms with Gasteiger partial charge in [-0.25, -0.2) is 4.39 Å². The second-order valence-electron chi connectivity index (χ2n) is 6.04. The first-order chi connectivity index (χ1) is 9.40. The first kappa shape index (κ1) is 14.8. The van der Waals surface area contributed by atoms with Crippen LogP contribution in [0.5, 0.6) is 0 Å². The summed E-state index contributed by atoms with van der Waals surface area (Å²) >= 11 is 0. The Hall–Kier alpha value is -1.62. The minimum Gasteiger partial charge on any atom is -0.381 e. The molecule has 5 heteroatoms. The van der Waals surface area contributed by atoms with Gasteiger partial charge in [-0.3, -0.25) is 4.79 Å². The monoisotopic (exact) mass is 279 g/mol. The Bertz CT molecular complexity index is 502. The third kappa shape index (κ3) is 3.28. The molecule has 4 N–H and O–H groups in total. The summed E-state index contributed by atoms with van der Waals surface area (Å²) in [6, 6.07) is 4.56. The van der Waals surface area contributed by atoms with E-state index < -0.39 is 11.7 Å². The van der Waals surface area contributed by atoms with Crippen molar-refractivity contribution in [2.45, 2.75) is 32.7 Å². The number of piperidine rings is 1. The number of rotatable bonds is 4. The SMILES string of the molecule is CC1(C)CCCNC1CNc1ccc(C(N)=O)cc1F. The number of hydrogen-bond donors (Lipinski definition) is 3. The molecular weight excluding hydrogens is 257 g/mol. The van der Waals surface area contributed by atoms with Gasteiger partial charge in [0.1, 0.15) is 5.82 Å². The summed E-state index contributed by atoms with van der Waals surface area (Å²) in [6.45, 7) is 6.09. The summed E-state index contributed by atoms with van der Waals surface area (Å²) in [5.74, 6) is -1.07. The van der Waals surface area contributed by atoms with Gasteiger partial charge in [0.15, 0.2) is 0 Å². The van der Waals surface area contributed by atoms with Crippen LogP contribution < -0.4 is 16.4 Å². The molecule has 1 aliphatic rings. The number of amides is 1. The fourth-order valence-electron chi connectivity index (χ4n) is 2.64. The fraction of sp³-hybridized carbons (Fsp3) is 0.533. The van der Waals surface area contributed by atoms with Crippen LogP contribution in [0.4, 0.5) is 10.1 Å². The summed E-state index contributed by atoms with van der Waals surface area (Å²) < 4.78 is 13.9. The van der Waals surface area contributed by atoms with Crippen LogP contribution >= 0.6 is 0 Å². The Labute approximate surface area is 118 Å². The summed E-state index contributed by atoms with van der Waals surface area (Å²) in [5, 5.41) is 6.58. The van der Waals surface area contributed by atoms with Crippen LogP contribution in [0.3, 0.4) is 0 Å². The number of nitrogens with two attached hydrogens (primary N) is 1. The van der Waals surface area contributed by atoms with Crippen LogP contribution in [0.1, 0.15) is 37.0 Å². The van der Waals surface area contributed by atoms with Crippen LogP contribution in [0.2, 0.25) is 0 Å². The number of anilines is 1. The van der Waals surface area contributed by atoms with Gasteiger partial charge in [0.05, 0.1) is 5.69 Å². The maximum Gasteiger partial charge on any atom is 0.248 e. The third-order valence-corrected chi connectivity index (χ3v) is 4.08. The van der Waals surface area contributed by atoms with E-state index in [1.165, 1.54) is 18.6 Å². The van der Waals surface area contributed by atoms with Crippen molar-refractivity contribution in [3.05, 3.63) is 29.6 Å². The van der Waals surface area contributed by atoms with E-state index in [0.29, 0.717) is 18.3 Å². The zero-order valence-corrected chi connectivity index (χ0v) is 12.0. The Morgan fingerprint density at radius 1 is 1.55 bits per heavy atom. The van der Waals surface area contributed by atoms with E-state index in [1.54, 1.807) is 6.07 Å². The van der Waals surface area contributed by atoms with Gasteiger partial charge >= 0.3 is 0 Å². The minimum absolute atomic E-state index is 0.184. The maximum absolute atomic E-state index is 13.9. The van der Waals surface area contributed by atoms with E-state index in [9.17, 15) is 9.18 Å². The van der Waals surface area contributed by atoms with Gasteiger partial charge in [-0.05, 0) is 43.0 Å². The molecule has 1 atom stereocenters. The highest BCUT2D eigenvalue weighted by Crippen LogP contribution is 2.30. The molecule has 1 aliphatic heterocycles. The Balaban J connectivity index is 2.02. The van der Waals surface area contributed by atoms with Crippen molar-refractivity contribution >= 4 is 11.6 Å². The van der Waals surface area contributed by atoms with E-state index in [2.05, 4.69) is 24.5 Å². The molecule has 1 amide bonds. The average Bonchev–Trinajstić information content (AvgIpc) is 2.38. The van der Waals surface area contributed by atoms with Gasteiger partial charge in [-0.1, -0.05) is 13.8 Å². The van der Waals surface area contributed by atoms with Crippen molar-refractivity contribution in [3.8, 4) is 0 Å². The van der Waals surface area contributed by atoms with E-state index in [0.717, 1.165) is 13.0 Å². The quantitative estimate of drug-likeness (QED) is 0.791. The first-order valence-electron chi connectivity index (χ1n) is 6.97. The Kier molecular flexibility index (Phi) is 4.28. The van der Waals surface area contributed by atoms with Gasteiger partial charge in [-0.15, -0.1) is 0 Å². The van der Waals surface area contributed by atoms with Gasteiger partial charge in [0.2, 0.25) is 5.91 Å². The second-order valence-corrected chi connectivity index (χ2v) is 6.04. The standard InChI is InChI=1S/C15H22FN3O/c1-15(2)6-3-7-18-13(15)9-19-12-5-4-10(14(17)20)8-11(12)16/h4-5,8,13,18-19H,3,6-7,9H2,1-2H3,(H2,17,20). The lowest BCUT2D eigenvalue weighted by Gasteiger charge is -2.39. The zero-order valence-electron chi connectivity index (χ0n) is 12.0. The lowest BCUT2D eigenvalue weighted by Crippen LogP contribution is -2.50. The van der Waals surface area contributed by atoms with Crippen molar-refractivity contribution in [1.29, 1.82) is 0 Å². The van der Waals surface area contributed by atoms with Gasteiger partial charge in [0.25, 0.3) is 0 Å². The van der Waals surface area contributed by atoms with Gasteiger partial charge < -0.3 is 16.4 Å². The van der Waals surface area contributed by atoms with Crippen molar-refractivity contribution in [1.82, 2.24) is 5.32 Å². The van der Waals surface area contributed by atoms with Crippen molar-refractivity contribution in [2.24, 2.45) is 11.1 Å². The average molecular weight is 279 g/mol. The minimum atomic E-state index is -0.620. The summed E-state index contributed by atoms with van der Waals surface area (Å²) in [7, 11) is 0. The summed E-state index contributed by atoms with van der Waals surface area (Å²) in [5.41, 5.74) is 5.90. The smallest absolute Gasteiger partial charge is 0.248 e. The fourth-order valence-corrected chi connectivity index (χ4v) is 2.64. The number of benzene rings is 1. The normalized spacial score (nSPS) is 21.4. The largest absolute Gasteiger partial charge is 0.381 e. The van der Waals surface area contributed by atoms with E-state index in [-0.39, 0.29) is 11.0 Å². The van der Waals surface area contributed by atoms with Crippen LogP contribution in [0.15, 0.2) is 18.2 Å². The molecule has 1 fully saturated rings. The number of halogens is 1. The van der Waals surface area contributed by atoms with Crippen LogP contribution in [0, 0.1) is 11.2 Å². The highest BCUT2D eigenvalue weighted by Gasteiger charge is 2.31. The summed E-state index contributed by atoms with van der Waals surface area (Å²) in [6.07, 6.45) is 2.33. The molecule has 1 saturated heterocycles. The molecule has 0 radical (unpaired) electrons. The molecule has 2 rings (SSSR count). The molecule has 20 heavy (non-hydrogen) atoms. The van der Waals surface area contributed by atoms with E-state index >= 15 is 0 Å². The second kappa shape index (κ2) is 5.79. The molecular formula is C15H22FN3O. The predicted octanol–water partition coefficient (Wildman–Crippen LogP) is 2.11. The van der Waals surface area contributed by atoms with Crippen LogP contribution in [-0.4, -0.2) is 25.0 Å². The number of carbonyl (C=O) groups is 1. The van der Waals surface area contributed by atoms with Crippen LogP contribution in [-0.2, 0) is 0 Å². The molecule has 0 saturated carbocycles. The number of hydrogen-bond acceptors (Lipinski definition) is 3. The molecule has 1 aromatic carbocycles. The molecule has 0 spiro atoms. The third-order valence-electron chi connectivity index (χ3n) is 4.08. The topological polar surface area (TPSA) is 67.2 Å². The highest BCUT2D eigenvalue weighted by molar-refractivity contribution is 5.93. The number of nitrogens with one attached hydrogen (secondary N) is 2. The molecule has 0 aliphatic carbocycles. The lowest BCUT2D eigenvalue weighted by molar-refractivity contribution is 0.1000. The zero-order chi connectivity index (χ0) is 14.8. The molecule has 1 unspecified atom stereocenters. The number of carbonyl (C=O) groups excluding carboxylic acids is 1. The molecule has 110 valence electrons. The predicted molar refractivity (Wildman–Crippen MR) is 78.2 cm³/mol. The Morgan fingerprint density at radius 3 is 2.90 bits per heavy atom. The highest BCUT2D eigenvalue weighted by atomic mass is 19.1. The van der Waals surface area contributed by atoms with Crippen molar-refractivity contribution < 1.29 is 9.18 Å². The van der Waals surface area contributed by atoms with Crippen molar-refractivity contribution in [3.63, 3.8) is 0 Å². The molecule has 1 heterocycles. The molecule has 1 aromatic rings. The summed E-state index contributed by atoms with van der Waals surface area (Å²) in [4.78, 5) is 11.0. The lowest BCUT2D eigenvalue weighted by atomic mass is 9.77. The van der Waals surface area contributed by atoms with E-state index in [4.69, 9.17) is 5.73 Å². The molecule has 4 nitrogen and oxygen atoms in total. The van der Waals surface area contributed by atoms with E-state index in [1.807, 2.05) is 0 Å². The van der Waals surface area contributed by atoms with Crippen LogP contribution in [0.25, 0.3) is 0 Å². The molecule has 0 bridgehead atoms.